The molecule has 0 aromatic heterocycles. The van der Waals surface area contributed by atoms with Crippen molar-refractivity contribution in [2.75, 3.05) is 6.61 Å². The van der Waals surface area contributed by atoms with Gasteiger partial charge in [-0.3, -0.25) is 5.41 Å². The first-order valence-corrected chi connectivity index (χ1v) is 2.15. The van der Waals surface area contributed by atoms with E-state index < -0.39 is 12.1 Å². The lowest BCUT2D eigenvalue weighted by molar-refractivity contribution is -0.136. The zero-order valence-corrected chi connectivity index (χ0v) is 4.09. The number of esters is 1. The van der Waals surface area contributed by atoms with E-state index in [9.17, 15) is 4.79 Å². The molecule has 1 atom stereocenters. The number of rotatable bonds is 2. The summed E-state index contributed by atoms with van der Waals surface area (Å²) in [6.07, 6.45) is 0.209. The second kappa shape index (κ2) is 1.92. The molecule has 1 N–H and O–H groups in total. The quantitative estimate of drug-likeness (QED) is 0.229. The molecule has 1 saturated heterocycles. The number of nitrogens with one attached hydrogen (secondary N) is 1. The second-order valence-electron chi connectivity index (χ2n) is 1.38. The number of carbonyl (C=O) groups is 1. The summed E-state index contributed by atoms with van der Waals surface area (Å²) < 4.78 is 8.69. The molecule has 1 aliphatic heterocycles. The highest BCUT2D eigenvalue weighted by Crippen LogP contribution is 2.09. The number of epoxide rings is 1. The van der Waals surface area contributed by atoms with Crippen LogP contribution in [0.5, 0.6) is 0 Å². The SMILES string of the molecule is N=COC(=O)C1CO1. The normalized spacial score (nSPS) is 24.2. The Kier molecular flexibility index (Phi) is 1.26. The Labute approximate surface area is 45.9 Å². The lowest BCUT2D eigenvalue weighted by atomic mass is 10.5. The fourth-order valence-electron chi connectivity index (χ4n) is 0.318. The summed E-state index contributed by atoms with van der Waals surface area (Å²) in [5, 5.41) is 6.33. The molecule has 0 spiro atoms. The van der Waals surface area contributed by atoms with Gasteiger partial charge in [-0.25, -0.2) is 4.79 Å². The van der Waals surface area contributed by atoms with Crippen molar-refractivity contribution < 1.29 is 14.3 Å². The molecule has 1 unspecified atom stereocenters. The van der Waals surface area contributed by atoms with E-state index >= 15 is 0 Å². The maximum absolute atomic E-state index is 10.3. The van der Waals surface area contributed by atoms with Crippen LogP contribution in [-0.4, -0.2) is 25.1 Å². The number of ether oxygens (including phenoxy) is 2. The van der Waals surface area contributed by atoms with Crippen molar-refractivity contribution in [2.24, 2.45) is 0 Å². The van der Waals surface area contributed by atoms with E-state index in [0.29, 0.717) is 13.0 Å². The summed E-state index contributed by atoms with van der Waals surface area (Å²) in [5.74, 6) is -0.472. The maximum atomic E-state index is 10.3. The van der Waals surface area contributed by atoms with E-state index in [2.05, 4.69) is 9.47 Å². The Balaban J connectivity index is 2.22. The van der Waals surface area contributed by atoms with E-state index in [0.717, 1.165) is 0 Å². The predicted octanol–water partition coefficient (Wildman–Crippen LogP) is -0.465. The average molecular weight is 115 g/mol. The molecule has 0 amide bonds. The van der Waals surface area contributed by atoms with Crippen LogP contribution >= 0.6 is 0 Å². The van der Waals surface area contributed by atoms with Gasteiger partial charge in [0.15, 0.2) is 12.5 Å². The van der Waals surface area contributed by atoms with E-state index in [1.165, 1.54) is 0 Å². The molecule has 0 aromatic carbocycles. The van der Waals surface area contributed by atoms with Crippen LogP contribution in [0.4, 0.5) is 0 Å². The minimum atomic E-state index is -0.472. The summed E-state index contributed by atoms with van der Waals surface area (Å²) in [4.78, 5) is 10.3. The molecule has 0 aromatic rings. The lowest BCUT2D eigenvalue weighted by Crippen LogP contribution is -2.09. The molecule has 1 fully saturated rings. The van der Waals surface area contributed by atoms with Gasteiger partial charge in [0.05, 0.1) is 6.61 Å². The van der Waals surface area contributed by atoms with Gasteiger partial charge in [-0.05, 0) is 0 Å². The van der Waals surface area contributed by atoms with Crippen LogP contribution < -0.4 is 0 Å². The van der Waals surface area contributed by atoms with Crippen molar-refractivity contribution in [3.63, 3.8) is 0 Å². The van der Waals surface area contributed by atoms with Gasteiger partial charge in [-0.15, -0.1) is 0 Å². The van der Waals surface area contributed by atoms with Gasteiger partial charge in [-0.2, -0.15) is 0 Å². The van der Waals surface area contributed by atoms with Gasteiger partial charge in [0.2, 0.25) is 0 Å². The van der Waals surface area contributed by atoms with Crippen LogP contribution in [0.3, 0.4) is 0 Å². The van der Waals surface area contributed by atoms with Crippen molar-refractivity contribution in [3.05, 3.63) is 0 Å². The summed E-state index contributed by atoms with van der Waals surface area (Å²) in [7, 11) is 0. The summed E-state index contributed by atoms with van der Waals surface area (Å²) >= 11 is 0. The van der Waals surface area contributed by atoms with Gasteiger partial charge < -0.3 is 9.47 Å². The number of hydrogen-bond acceptors (Lipinski definition) is 4. The highest BCUT2D eigenvalue weighted by Gasteiger charge is 2.32. The van der Waals surface area contributed by atoms with E-state index in [4.69, 9.17) is 5.41 Å². The van der Waals surface area contributed by atoms with Gasteiger partial charge in [0, 0.05) is 0 Å². The molecule has 4 heteroatoms. The van der Waals surface area contributed by atoms with Crippen molar-refractivity contribution in [1.29, 1.82) is 5.41 Å². The second-order valence-corrected chi connectivity index (χ2v) is 1.38. The van der Waals surface area contributed by atoms with E-state index in [1.54, 1.807) is 0 Å². The van der Waals surface area contributed by atoms with E-state index in [-0.39, 0.29) is 0 Å². The lowest BCUT2D eigenvalue weighted by Gasteiger charge is -1.87. The van der Waals surface area contributed by atoms with Crippen LogP contribution in [0.25, 0.3) is 0 Å². The molecule has 0 radical (unpaired) electrons. The van der Waals surface area contributed by atoms with Crippen LogP contribution in [0.2, 0.25) is 0 Å². The molecule has 1 aliphatic rings. The Morgan fingerprint density at radius 2 is 2.62 bits per heavy atom. The largest absolute Gasteiger partial charge is 0.413 e. The number of carbonyl (C=O) groups excluding carboxylic acids is 1. The first-order valence-electron chi connectivity index (χ1n) is 2.15. The Bertz CT molecular complexity index is 118. The summed E-state index contributed by atoms with van der Waals surface area (Å²) in [6, 6.07) is 0. The van der Waals surface area contributed by atoms with Gasteiger partial charge in [0.25, 0.3) is 0 Å². The van der Waals surface area contributed by atoms with Crippen LogP contribution in [-0.2, 0) is 14.3 Å². The molecular formula is C4H5NO3. The highest BCUT2D eigenvalue weighted by atomic mass is 16.6. The minimum Gasteiger partial charge on any atom is -0.413 e. The van der Waals surface area contributed by atoms with Gasteiger partial charge >= 0.3 is 5.97 Å². The Morgan fingerprint density at radius 3 is 3.00 bits per heavy atom. The summed E-state index contributed by atoms with van der Waals surface area (Å²) in [6.45, 7) is 0.437. The Morgan fingerprint density at radius 1 is 2.00 bits per heavy atom. The standard InChI is InChI=1S/C4H5NO3/c5-2-8-4(6)3-1-7-3/h2-3,5H,1H2. The van der Waals surface area contributed by atoms with Crippen LogP contribution in [0, 0.1) is 5.41 Å². The van der Waals surface area contributed by atoms with Gasteiger partial charge in [-0.1, -0.05) is 0 Å². The third-order valence-corrected chi connectivity index (χ3v) is 0.771. The predicted molar refractivity (Wildman–Crippen MR) is 24.6 cm³/mol. The van der Waals surface area contributed by atoms with Gasteiger partial charge in [0.1, 0.15) is 0 Å². The zero-order valence-electron chi connectivity index (χ0n) is 4.09. The van der Waals surface area contributed by atoms with Crippen molar-refractivity contribution >= 4 is 12.4 Å². The van der Waals surface area contributed by atoms with Crippen LogP contribution in [0.15, 0.2) is 0 Å². The highest BCUT2D eigenvalue weighted by molar-refractivity contribution is 5.82. The molecule has 0 aliphatic carbocycles. The summed E-state index contributed by atoms with van der Waals surface area (Å²) in [5.41, 5.74) is 0. The fraction of sp³-hybridized carbons (Fsp3) is 0.500. The molecule has 44 valence electrons. The molecule has 1 rings (SSSR count). The maximum Gasteiger partial charge on any atom is 0.343 e. The van der Waals surface area contributed by atoms with Crippen LogP contribution in [0.1, 0.15) is 0 Å². The fourth-order valence-corrected chi connectivity index (χ4v) is 0.318. The van der Waals surface area contributed by atoms with E-state index in [1.807, 2.05) is 0 Å². The molecule has 4 nitrogen and oxygen atoms in total. The molecular weight excluding hydrogens is 110 g/mol. The average Bonchev–Trinajstić information content (AvgIpc) is 2.45. The molecule has 0 bridgehead atoms. The minimum absolute atomic E-state index is 0.392. The molecule has 8 heavy (non-hydrogen) atoms. The Hall–Kier alpha value is -0.900. The van der Waals surface area contributed by atoms with Crippen molar-refractivity contribution in [1.82, 2.24) is 0 Å². The smallest absolute Gasteiger partial charge is 0.343 e. The third kappa shape index (κ3) is 1.04. The molecule has 0 saturated carbocycles. The van der Waals surface area contributed by atoms with Crippen molar-refractivity contribution in [3.8, 4) is 0 Å². The number of hydrogen-bond donors (Lipinski definition) is 1. The first-order chi connectivity index (χ1) is 3.84. The van der Waals surface area contributed by atoms with Crippen molar-refractivity contribution in [2.45, 2.75) is 6.10 Å². The first kappa shape index (κ1) is 5.24. The monoisotopic (exact) mass is 115 g/mol. The third-order valence-electron chi connectivity index (χ3n) is 0.771. The zero-order chi connectivity index (χ0) is 5.98. The molecule has 1 heterocycles. The topological polar surface area (TPSA) is 62.7 Å².